The second-order valence-corrected chi connectivity index (χ2v) is 7.17. The van der Waals surface area contributed by atoms with Gasteiger partial charge >= 0.3 is 12.1 Å². The van der Waals surface area contributed by atoms with Gasteiger partial charge in [0.1, 0.15) is 11.6 Å². The molecule has 1 heterocycles. The van der Waals surface area contributed by atoms with Crippen LogP contribution in [0.2, 0.25) is 0 Å². The maximum atomic E-state index is 12.1. The molecular formula is C16H30N2O4. The number of carbonyl (C=O) groups is 2. The Kier molecular flexibility index (Phi) is 6.66. The van der Waals surface area contributed by atoms with Crippen LogP contribution in [0.25, 0.3) is 0 Å². The molecule has 0 aliphatic carbocycles. The van der Waals surface area contributed by atoms with Gasteiger partial charge in [0.05, 0.1) is 7.11 Å². The van der Waals surface area contributed by atoms with Gasteiger partial charge in [-0.1, -0.05) is 13.8 Å². The molecule has 128 valence electrons. The highest BCUT2D eigenvalue weighted by molar-refractivity contribution is 5.75. The summed E-state index contributed by atoms with van der Waals surface area (Å²) in [4.78, 5) is 27.8. The third-order valence-corrected chi connectivity index (χ3v) is 3.57. The average molecular weight is 314 g/mol. The number of piperazine rings is 1. The van der Waals surface area contributed by atoms with Crippen molar-refractivity contribution in [3.05, 3.63) is 0 Å². The fourth-order valence-electron chi connectivity index (χ4n) is 2.52. The summed E-state index contributed by atoms with van der Waals surface area (Å²) in [6.45, 7) is 12.2. The molecule has 0 aromatic carbocycles. The Morgan fingerprint density at radius 2 is 1.64 bits per heavy atom. The van der Waals surface area contributed by atoms with E-state index in [-0.39, 0.29) is 18.1 Å². The van der Waals surface area contributed by atoms with E-state index in [0.717, 1.165) is 6.42 Å². The molecule has 1 fully saturated rings. The minimum atomic E-state index is -0.486. The van der Waals surface area contributed by atoms with E-state index in [4.69, 9.17) is 9.47 Å². The highest BCUT2D eigenvalue weighted by Gasteiger charge is 2.32. The number of rotatable bonds is 4. The fraction of sp³-hybridized carbons (Fsp3) is 0.875. The fourth-order valence-corrected chi connectivity index (χ4v) is 2.52. The van der Waals surface area contributed by atoms with Gasteiger partial charge in [-0.2, -0.15) is 0 Å². The molecule has 0 aromatic rings. The van der Waals surface area contributed by atoms with Gasteiger partial charge in [-0.05, 0) is 33.1 Å². The molecule has 1 aliphatic heterocycles. The van der Waals surface area contributed by atoms with E-state index in [1.54, 1.807) is 4.90 Å². The molecule has 0 aromatic heterocycles. The zero-order valence-corrected chi connectivity index (χ0v) is 14.7. The van der Waals surface area contributed by atoms with Crippen LogP contribution in [0.4, 0.5) is 4.79 Å². The zero-order chi connectivity index (χ0) is 16.9. The molecule has 6 nitrogen and oxygen atoms in total. The predicted molar refractivity (Wildman–Crippen MR) is 84.6 cm³/mol. The normalized spacial score (nSPS) is 18.2. The van der Waals surface area contributed by atoms with E-state index in [1.165, 1.54) is 7.11 Å². The molecule has 22 heavy (non-hydrogen) atoms. The van der Waals surface area contributed by atoms with Crippen molar-refractivity contribution in [2.75, 3.05) is 33.3 Å². The monoisotopic (exact) mass is 314 g/mol. The molecular weight excluding hydrogens is 284 g/mol. The first-order valence-corrected chi connectivity index (χ1v) is 7.94. The van der Waals surface area contributed by atoms with Crippen LogP contribution in [-0.2, 0) is 14.3 Å². The molecule has 1 saturated heterocycles. The molecule has 1 unspecified atom stereocenters. The van der Waals surface area contributed by atoms with Gasteiger partial charge in [0.25, 0.3) is 0 Å². The van der Waals surface area contributed by atoms with Crippen molar-refractivity contribution in [1.82, 2.24) is 9.80 Å². The van der Waals surface area contributed by atoms with Gasteiger partial charge in [-0.3, -0.25) is 9.69 Å². The number of methoxy groups -OCH3 is 1. The number of carbonyl (C=O) groups excluding carboxylic acids is 2. The van der Waals surface area contributed by atoms with Gasteiger partial charge in [0, 0.05) is 26.2 Å². The van der Waals surface area contributed by atoms with Crippen LogP contribution in [-0.4, -0.2) is 66.8 Å². The number of amides is 1. The third-order valence-electron chi connectivity index (χ3n) is 3.57. The van der Waals surface area contributed by atoms with Crippen molar-refractivity contribution in [3.63, 3.8) is 0 Å². The highest BCUT2D eigenvalue weighted by Crippen LogP contribution is 2.17. The summed E-state index contributed by atoms with van der Waals surface area (Å²) in [6, 6.07) is -0.231. The summed E-state index contributed by atoms with van der Waals surface area (Å²) in [5.74, 6) is 0.215. The summed E-state index contributed by atoms with van der Waals surface area (Å²) < 4.78 is 10.3. The number of nitrogens with zero attached hydrogens (tertiary/aromatic N) is 2. The molecule has 0 radical (unpaired) electrons. The highest BCUT2D eigenvalue weighted by atomic mass is 16.6. The quantitative estimate of drug-likeness (QED) is 0.744. The molecule has 0 bridgehead atoms. The largest absolute Gasteiger partial charge is 0.468 e. The first-order valence-electron chi connectivity index (χ1n) is 7.94. The van der Waals surface area contributed by atoms with Crippen LogP contribution in [0.15, 0.2) is 0 Å². The molecule has 6 heteroatoms. The van der Waals surface area contributed by atoms with Crippen molar-refractivity contribution in [2.24, 2.45) is 5.92 Å². The summed E-state index contributed by atoms with van der Waals surface area (Å²) in [5.41, 5.74) is -0.486. The van der Waals surface area contributed by atoms with E-state index in [1.807, 2.05) is 20.8 Å². The van der Waals surface area contributed by atoms with E-state index in [9.17, 15) is 9.59 Å². The van der Waals surface area contributed by atoms with E-state index in [0.29, 0.717) is 32.1 Å². The Balaban J connectivity index is 2.58. The van der Waals surface area contributed by atoms with E-state index in [2.05, 4.69) is 18.7 Å². The van der Waals surface area contributed by atoms with Crippen molar-refractivity contribution >= 4 is 12.1 Å². The first kappa shape index (κ1) is 18.7. The topological polar surface area (TPSA) is 59.1 Å². The number of esters is 1. The maximum absolute atomic E-state index is 12.1. The smallest absolute Gasteiger partial charge is 0.410 e. The second kappa shape index (κ2) is 7.81. The maximum Gasteiger partial charge on any atom is 0.410 e. The van der Waals surface area contributed by atoms with E-state index < -0.39 is 5.60 Å². The van der Waals surface area contributed by atoms with Gasteiger partial charge < -0.3 is 14.4 Å². The van der Waals surface area contributed by atoms with E-state index >= 15 is 0 Å². The van der Waals surface area contributed by atoms with Gasteiger partial charge in [-0.15, -0.1) is 0 Å². The Morgan fingerprint density at radius 1 is 1.09 bits per heavy atom. The Bertz CT molecular complexity index is 382. The summed E-state index contributed by atoms with van der Waals surface area (Å²) >= 11 is 0. The number of hydrogen-bond acceptors (Lipinski definition) is 5. The average Bonchev–Trinajstić information content (AvgIpc) is 2.42. The lowest BCUT2D eigenvalue weighted by Crippen LogP contribution is -2.55. The number of ether oxygens (including phenoxy) is 2. The summed E-state index contributed by atoms with van der Waals surface area (Å²) in [5, 5.41) is 0. The van der Waals surface area contributed by atoms with Gasteiger partial charge in [0.15, 0.2) is 0 Å². The SMILES string of the molecule is COC(=O)C(CC(C)C)N1CCN(C(=O)OC(C)(C)C)CC1. The lowest BCUT2D eigenvalue weighted by Gasteiger charge is -2.38. The summed E-state index contributed by atoms with van der Waals surface area (Å²) in [7, 11) is 1.42. The Hall–Kier alpha value is -1.30. The Morgan fingerprint density at radius 3 is 2.05 bits per heavy atom. The van der Waals surface area contributed by atoms with Crippen LogP contribution >= 0.6 is 0 Å². The molecule has 1 aliphatic rings. The van der Waals surface area contributed by atoms with Crippen molar-refractivity contribution in [3.8, 4) is 0 Å². The van der Waals surface area contributed by atoms with Crippen molar-refractivity contribution in [2.45, 2.75) is 52.7 Å². The molecule has 1 rings (SSSR count). The second-order valence-electron chi connectivity index (χ2n) is 7.17. The lowest BCUT2D eigenvalue weighted by molar-refractivity contribution is -0.148. The van der Waals surface area contributed by atoms with Gasteiger partial charge in [-0.25, -0.2) is 4.79 Å². The molecule has 1 atom stereocenters. The van der Waals surface area contributed by atoms with Crippen molar-refractivity contribution in [1.29, 1.82) is 0 Å². The standard InChI is InChI=1S/C16H30N2O4/c1-12(2)11-13(14(19)21-6)17-7-9-18(10-8-17)15(20)22-16(3,4)5/h12-13H,7-11H2,1-6H3. The zero-order valence-electron chi connectivity index (χ0n) is 14.7. The van der Waals surface area contributed by atoms with Crippen LogP contribution in [0, 0.1) is 5.92 Å². The van der Waals surface area contributed by atoms with Crippen LogP contribution in [0.3, 0.4) is 0 Å². The Labute approximate surface area is 133 Å². The van der Waals surface area contributed by atoms with Gasteiger partial charge in [0.2, 0.25) is 0 Å². The molecule has 0 saturated carbocycles. The molecule has 0 N–H and O–H groups in total. The van der Waals surface area contributed by atoms with Crippen molar-refractivity contribution < 1.29 is 19.1 Å². The summed E-state index contributed by atoms with van der Waals surface area (Å²) in [6.07, 6.45) is 0.477. The lowest BCUT2D eigenvalue weighted by atomic mass is 10.0. The number of hydrogen-bond donors (Lipinski definition) is 0. The van der Waals surface area contributed by atoms with Crippen LogP contribution in [0.5, 0.6) is 0 Å². The van der Waals surface area contributed by atoms with Crippen LogP contribution in [0.1, 0.15) is 41.0 Å². The third kappa shape index (κ3) is 5.83. The van der Waals surface area contributed by atoms with Crippen LogP contribution < -0.4 is 0 Å². The first-order chi connectivity index (χ1) is 10.1. The molecule has 1 amide bonds. The minimum Gasteiger partial charge on any atom is -0.468 e. The predicted octanol–water partition coefficient (Wildman–Crippen LogP) is 2.13. The molecule has 0 spiro atoms. The minimum absolute atomic E-state index is 0.195.